The molecule has 0 spiro atoms. The van der Waals surface area contributed by atoms with Crippen molar-refractivity contribution < 1.29 is 36.7 Å². The summed E-state index contributed by atoms with van der Waals surface area (Å²) in [6.45, 7) is 2.61. The maximum atomic E-state index is 14.0. The maximum absolute atomic E-state index is 14.0. The molecule has 10 nitrogen and oxygen atoms in total. The molecule has 2 N–H and O–H groups in total. The molecule has 234 valence electrons. The number of carboxylic acid groups (broad SMARTS) is 1. The van der Waals surface area contributed by atoms with Gasteiger partial charge in [-0.25, -0.2) is 22.0 Å². The zero-order chi connectivity index (χ0) is 31.6. The van der Waals surface area contributed by atoms with E-state index in [1.807, 2.05) is 5.32 Å². The summed E-state index contributed by atoms with van der Waals surface area (Å²) >= 11 is 12.1. The van der Waals surface area contributed by atoms with Crippen molar-refractivity contribution in [1.29, 1.82) is 0 Å². The highest BCUT2D eigenvalue weighted by atomic mass is 35.5. The third-order valence-corrected chi connectivity index (χ3v) is 10.2. The summed E-state index contributed by atoms with van der Waals surface area (Å²) in [5.74, 6) is -3.66. The number of fused-ring (bicyclic) bond motifs is 1. The Morgan fingerprint density at radius 3 is 2.19 bits per heavy atom. The molecule has 3 aliphatic rings. The second-order valence-electron chi connectivity index (χ2n) is 10.8. The molecular weight excluding hydrogens is 629 g/mol. The number of nitrogens with one attached hydrogen (secondary N) is 1. The molecule has 5 rings (SSSR count). The summed E-state index contributed by atoms with van der Waals surface area (Å²) in [6, 6.07) is 3.42. The number of sulfonamides is 1. The highest BCUT2D eigenvalue weighted by Crippen LogP contribution is 2.35. The van der Waals surface area contributed by atoms with E-state index < -0.39 is 70.4 Å². The van der Waals surface area contributed by atoms with Gasteiger partial charge in [0.2, 0.25) is 21.8 Å². The van der Waals surface area contributed by atoms with Crippen LogP contribution < -0.4 is 5.32 Å². The van der Waals surface area contributed by atoms with Gasteiger partial charge in [0.05, 0.1) is 11.6 Å². The fourth-order valence-corrected chi connectivity index (χ4v) is 7.41. The monoisotopic (exact) mass is 660 g/mol. The van der Waals surface area contributed by atoms with E-state index in [2.05, 4.69) is 0 Å². The molecular formula is C28H32Cl2F2N4O6S. The minimum atomic E-state index is -4.48. The number of nitrogens with zero attached hydrogens (tertiary/aromatic N) is 3. The molecule has 2 heterocycles. The normalized spacial score (nSPS) is 22.4. The second kappa shape index (κ2) is 13.3. The van der Waals surface area contributed by atoms with E-state index in [-0.39, 0.29) is 33.5 Å². The Kier molecular flexibility index (Phi) is 10.2. The zero-order valence-electron chi connectivity index (χ0n) is 23.5. The van der Waals surface area contributed by atoms with Crippen LogP contribution in [-0.4, -0.2) is 82.9 Å². The highest BCUT2D eigenvalue weighted by molar-refractivity contribution is 7.89. The number of carbonyl (C=O) groups excluding carboxylic acids is 2. The van der Waals surface area contributed by atoms with Gasteiger partial charge in [-0.2, -0.15) is 4.31 Å². The first-order chi connectivity index (χ1) is 20.2. The van der Waals surface area contributed by atoms with Crippen molar-refractivity contribution in [2.24, 2.45) is 0 Å². The minimum absolute atomic E-state index is 0.174. The smallest absolute Gasteiger partial charge is 0.405 e. The molecule has 43 heavy (non-hydrogen) atoms. The maximum Gasteiger partial charge on any atom is 0.405 e. The standard InChI is InChI=1S/C24H24Cl2F2N4O6S.C4H8/c1-12(2)30-11-21-31(39(37,38)20-6-4-14(25)9-15(20)26)10-18(29-24(35)36)22(33)32(21)19(23(30)34)8-13-3-5-16(27)17(28)7-13;1-2-4-3-1/h3-7,9,12,18-19,21,29H,8,10-11H2,1-2H3,(H,35,36);1-4H2. The van der Waals surface area contributed by atoms with Gasteiger partial charge in [-0.15, -0.1) is 0 Å². The molecule has 0 bridgehead atoms. The van der Waals surface area contributed by atoms with E-state index in [0.717, 1.165) is 21.3 Å². The van der Waals surface area contributed by atoms with Crippen LogP contribution in [0.2, 0.25) is 10.0 Å². The summed E-state index contributed by atoms with van der Waals surface area (Å²) in [4.78, 5) is 40.7. The van der Waals surface area contributed by atoms with E-state index >= 15 is 0 Å². The van der Waals surface area contributed by atoms with Gasteiger partial charge in [0.25, 0.3) is 0 Å². The van der Waals surface area contributed by atoms with Crippen molar-refractivity contribution in [2.75, 3.05) is 13.1 Å². The van der Waals surface area contributed by atoms with Crippen LogP contribution in [0.5, 0.6) is 0 Å². The van der Waals surface area contributed by atoms with Crippen LogP contribution >= 0.6 is 23.2 Å². The lowest BCUT2D eigenvalue weighted by Gasteiger charge is -2.54. The van der Waals surface area contributed by atoms with E-state index in [1.165, 1.54) is 54.8 Å². The average molecular weight is 662 g/mol. The van der Waals surface area contributed by atoms with Gasteiger partial charge in [0, 0.05) is 24.0 Å². The number of hydrogen-bond donors (Lipinski definition) is 2. The van der Waals surface area contributed by atoms with Gasteiger partial charge in [0.1, 0.15) is 23.1 Å². The number of amides is 3. The predicted molar refractivity (Wildman–Crippen MR) is 155 cm³/mol. The lowest BCUT2D eigenvalue weighted by atomic mass is 9.96. The van der Waals surface area contributed by atoms with Gasteiger partial charge >= 0.3 is 6.09 Å². The Bertz CT molecular complexity index is 1500. The quantitative estimate of drug-likeness (QED) is 0.470. The van der Waals surface area contributed by atoms with Gasteiger partial charge in [-0.05, 0) is 49.7 Å². The summed E-state index contributed by atoms with van der Waals surface area (Å²) in [7, 11) is -4.48. The Morgan fingerprint density at radius 1 is 1.00 bits per heavy atom. The average Bonchev–Trinajstić information content (AvgIpc) is 2.87. The summed E-state index contributed by atoms with van der Waals surface area (Å²) in [5, 5.41) is 11.4. The third kappa shape index (κ3) is 7.05. The zero-order valence-corrected chi connectivity index (χ0v) is 25.8. The number of carbonyl (C=O) groups is 3. The number of halogens is 4. The van der Waals surface area contributed by atoms with Gasteiger partial charge in [-0.3, -0.25) is 9.59 Å². The number of rotatable bonds is 6. The van der Waals surface area contributed by atoms with Crippen LogP contribution in [0.3, 0.4) is 0 Å². The molecule has 0 aromatic heterocycles. The molecule has 1 saturated carbocycles. The van der Waals surface area contributed by atoms with Crippen molar-refractivity contribution in [3.05, 3.63) is 63.6 Å². The second-order valence-corrected chi connectivity index (χ2v) is 13.5. The first-order valence-electron chi connectivity index (χ1n) is 13.7. The molecule has 2 aliphatic heterocycles. The van der Waals surface area contributed by atoms with Crippen LogP contribution in [0.4, 0.5) is 13.6 Å². The number of piperazine rings is 1. The lowest BCUT2D eigenvalue weighted by molar-refractivity contribution is -0.168. The largest absolute Gasteiger partial charge is 0.465 e. The molecule has 1 aliphatic carbocycles. The Hall–Kier alpha value is -3.00. The first-order valence-corrected chi connectivity index (χ1v) is 15.9. The van der Waals surface area contributed by atoms with Crippen LogP contribution in [-0.2, 0) is 26.0 Å². The van der Waals surface area contributed by atoms with E-state index in [4.69, 9.17) is 23.2 Å². The van der Waals surface area contributed by atoms with Crippen LogP contribution in [0.25, 0.3) is 0 Å². The summed E-state index contributed by atoms with van der Waals surface area (Å²) in [6.07, 6.45) is 2.88. The van der Waals surface area contributed by atoms with Crippen molar-refractivity contribution in [3.63, 3.8) is 0 Å². The number of hydrogen-bond acceptors (Lipinski definition) is 5. The molecule has 3 atom stereocenters. The molecule has 0 radical (unpaired) electrons. The third-order valence-electron chi connectivity index (χ3n) is 7.65. The van der Waals surface area contributed by atoms with E-state index in [1.54, 1.807) is 13.8 Å². The van der Waals surface area contributed by atoms with Gasteiger partial charge in [0.15, 0.2) is 11.6 Å². The van der Waals surface area contributed by atoms with Crippen molar-refractivity contribution in [1.82, 2.24) is 19.4 Å². The molecule has 15 heteroatoms. The Morgan fingerprint density at radius 2 is 1.65 bits per heavy atom. The predicted octanol–water partition coefficient (Wildman–Crippen LogP) is 4.49. The fraction of sp³-hybridized carbons (Fsp3) is 0.464. The molecule has 3 amide bonds. The SMILES string of the molecule is C1CCC1.CC(C)N1CC2N(C(=O)C(NC(=O)O)CN2S(=O)(=O)c2ccc(Cl)cc2Cl)C(Cc2ccc(F)c(F)c2)C1=O. The molecule has 3 unspecified atom stereocenters. The fourth-order valence-electron chi connectivity index (χ4n) is 5.08. The highest BCUT2D eigenvalue weighted by Gasteiger charge is 2.54. The van der Waals surface area contributed by atoms with Gasteiger partial charge < -0.3 is 20.2 Å². The summed E-state index contributed by atoms with van der Waals surface area (Å²) in [5.41, 5.74) is 0.174. The van der Waals surface area contributed by atoms with Crippen molar-refractivity contribution >= 4 is 51.1 Å². The number of benzene rings is 2. The van der Waals surface area contributed by atoms with Crippen molar-refractivity contribution in [3.8, 4) is 0 Å². The Balaban J connectivity index is 0.000000975. The van der Waals surface area contributed by atoms with Gasteiger partial charge in [-0.1, -0.05) is 55.0 Å². The topological polar surface area (TPSA) is 127 Å². The van der Waals surface area contributed by atoms with E-state index in [9.17, 15) is 36.7 Å². The Labute approximate surface area is 258 Å². The lowest BCUT2D eigenvalue weighted by Crippen LogP contribution is -2.76. The first kappa shape index (κ1) is 32.9. The summed E-state index contributed by atoms with van der Waals surface area (Å²) < 4.78 is 56.3. The molecule has 3 fully saturated rings. The molecule has 2 aromatic carbocycles. The molecule has 2 saturated heterocycles. The molecule has 2 aromatic rings. The van der Waals surface area contributed by atoms with Crippen LogP contribution in [0.15, 0.2) is 41.3 Å². The minimum Gasteiger partial charge on any atom is -0.465 e. The van der Waals surface area contributed by atoms with Crippen LogP contribution in [0, 0.1) is 11.6 Å². The van der Waals surface area contributed by atoms with E-state index in [0.29, 0.717) is 0 Å². The van der Waals surface area contributed by atoms with Crippen LogP contribution in [0.1, 0.15) is 45.1 Å². The van der Waals surface area contributed by atoms with Crippen molar-refractivity contribution in [2.45, 2.75) is 75.1 Å².